The summed E-state index contributed by atoms with van der Waals surface area (Å²) in [5, 5.41) is 11.8. The molecule has 3 aromatic rings. The minimum atomic E-state index is -0.397. The highest BCUT2D eigenvalue weighted by molar-refractivity contribution is 6.09. The van der Waals surface area contributed by atoms with Crippen molar-refractivity contribution in [1.29, 1.82) is 0 Å². The fraction of sp³-hybridized carbons (Fsp3) is 0.333. The Hall–Kier alpha value is -3.52. The van der Waals surface area contributed by atoms with Gasteiger partial charge < -0.3 is 9.47 Å². The van der Waals surface area contributed by atoms with E-state index in [1.165, 1.54) is 6.07 Å². The van der Waals surface area contributed by atoms with Gasteiger partial charge in [0.25, 0.3) is 5.69 Å². The van der Waals surface area contributed by atoms with Gasteiger partial charge in [0.2, 0.25) is 0 Å². The number of nitrogens with zero attached hydrogens (tertiary/aromatic N) is 5. The molecule has 4 rings (SSSR count). The molecule has 32 heavy (non-hydrogen) atoms. The molecule has 1 fully saturated rings. The highest BCUT2D eigenvalue weighted by Crippen LogP contribution is 2.32. The molecule has 1 aliphatic rings. The van der Waals surface area contributed by atoms with Crippen LogP contribution in [0.3, 0.4) is 0 Å². The molecule has 8 nitrogen and oxygen atoms in total. The molecule has 8 heteroatoms. The topological polar surface area (TPSA) is 84.5 Å². The molecule has 0 N–H and O–H groups in total. The Morgan fingerprint density at radius 1 is 1.16 bits per heavy atom. The molecule has 1 atom stereocenters. The van der Waals surface area contributed by atoms with Gasteiger partial charge in [-0.15, -0.1) is 0 Å². The van der Waals surface area contributed by atoms with E-state index in [1.807, 2.05) is 23.4 Å². The van der Waals surface area contributed by atoms with E-state index in [0.717, 1.165) is 25.5 Å². The number of hydrogen-bond donors (Lipinski definition) is 0. The van der Waals surface area contributed by atoms with Crippen LogP contribution in [0.1, 0.15) is 35.6 Å². The van der Waals surface area contributed by atoms with Gasteiger partial charge in [0.1, 0.15) is 11.5 Å². The number of piperazine rings is 1. The third-order valence-electron chi connectivity index (χ3n) is 6.06. The molecular weight excluding hydrogens is 406 g/mol. The van der Waals surface area contributed by atoms with Crippen molar-refractivity contribution in [3.63, 3.8) is 0 Å². The van der Waals surface area contributed by atoms with E-state index in [4.69, 9.17) is 0 Å². The van der Waals surface area contributed by atoms with Crippen LogP contribution in [0.25, 0.3) is 0 Å². The number of anilines is 1. The Balaban J connectivity index is 1.52. The molecule has 2 aromatic carbocycles. The Bertz CT molecular complexity index is 1110. The van der Waals surface area contributed by atoms with Crippen LogP contribution in [-0.2, 0) is 13.1 Å². The third kappa shape index (κ3) is 4.40. The van der Waals surface area contributed by atoms with Gasteiger partial charge in [-0.2, -0.15) is 0 Å². The number of nitro benzene ring substituents is 1. The molecule has 0 saturated carbocycles. The number of rotatable bonds is 7. The average Bonchev–Trinajstić information content (AvgIpc) is 3.27. The average molecular weight is 434 g/mol. The summed E-state index contributed by atoms with van der Waals surface area (Å²) in [5.41, 5.74) is 1.36. The van der Waals surface area contributed by atoms with Crippen LogP contribution in [0.5, 0.6) is 0 Å². The predicted molar refractivity (Wildman–Crippen MR) is 123 cm³/mol. The van der Waals surface area contributed by atoms with Crippen LogP contribution in [0, 0.1) is 10.1 Å². The summed E-state index contributed by atoms with van der Waals surface area (Å²) in [5.74, 6) is 0.812. The number of aryl methyl sites for hydroxylation is 1. The van der Waals surface area contributed by atoms with E-state index < -0.39 is 4.92 Å². The molecular formula is C24H27N5O3. The summed E-state index contributed by atoms with van der Waals surface area (Å²) >= 11 is 0. The first kappa shape index (κ1) is 21.7. The van der Waals surface area contributed by atoms with E-state index >= 15 is 0 Å². The first-order chi connectivity index (χ1) is 15.5. The second-order valence-electron chi connectivity index (χ2n) is 8.05. The molecule has 0 aliphatic carbocycles. The van der Waals surface area contributed by atoms with Crippen molar-refractivity contribution < 1.29 is 9.72 Å². The lowest BCUT2D eigenvalue weighted by molar-refractivity contribution is -0.384. The largest absolute Gasteiger partial charge is 0.363 e. The second kappa shape index (κ2) is 9.32. The van der Waals surface area contributed by atoms with Gasteiger partial charge in [0, 0.05) is 61.8 Å². The number of imidazole rings is 1. The Kier molecular flexibility index (Phi) is 6.32. The van der Waals surface area contributed by atoms with Gasteiger partial charge in [-0.25, -0.2) is 4.98 Å². The summed E-state index contributed by atoms with van der Waals surface area (Å²) < 4.78 is 2.13. The lowest BCUT2D eigenvalue weighted by atomic mass is 10.0. The lowest BCUT2D eigenvalue weighted by Gasteiger charge is -2.40. The predicted octanol–water partition coefficient (Wildman–Crippen LogP) is 3.75. The van der Waals surface area contributed by atoms with Gasteiger partial charge in [0.05, 0.1) is 11.5 Å². The van der Waals surface area contributed by atoms with Crippen molar-refractivity contribution in [2.24, 2.45) is 0 Å². The lowest BCUT2D eigenvalue weighted by Crippen LogP contribution is -2.51. The minimum absolute atomic E-state index is 0.0334. The summed E-state index contributed by atoms with van der Waals surface area (Å²) in [7, 11) is 0. The van der Waals surface area contributed by atoms with Gasteiger partial charge in [-0.3, -0.25) is 19.8 Å². The highest BCUT2D eigenvalue weighted by Gasteiger charge is 2.29. The van der Waals surface area contributed by atoms with Gasteiger partial charge in [-0.1, -0.05) is 30.3 Å². The minimum Gasteiger partial charge on any atom is -0.363 e. The summed E-state index contributed by atoms with van der Waals surface area (Å²) in [6, 6.07) is 13.8. The molecule has 2 heterocycles. The number of carbonyl (C=O) groups is 1. The van der Waals surface area contributed by atoms with Gasteiger partial charge in [-0.05, 0) is 26.0 Å². The molecule has 0 radical (unpaired) electrons. The van der Waals surface area contributed by atoms with E-state index in [2.05, 4.69) is 28.3 Å². The van der Waals surface area contributed by atoms with Crippen LogP contribution in [0.4, 0.5) is 11.4 Å². The van der Waals surface area contributed by atoms with Crippen LogP contribution in [-0.4, -0.2) is 50.8 Å². The summed E-state index contributed by atoms with van der Waals surface area (Å²) in [6.07, 6.45) is 3.80. The highest BCUT2D eigenvalue weighted by atomic mass is 16.6. The van der Waals surface area contributed by atoms with E-state index in [-0.39, 0.29) is 17.5 Å². The maximum atomic E-state index is 12.8. The van der Waals surface area contributed by atoms with Gasteiger partial charge >= 0.3 is 0 Å². The van der Waals surface area contributed by atoms with Crippen molar-refractivity contribution in [3.8, 4) is 0 Å². The number of hydrogen-bond acceptors (Lipinski definition) is 6. The maximum Gasteiger partial charge on any atom is 0.293 e. The normalized spacial score (nSPS) is 16.8. The monoisotopic (exact) mass is 433 g/mol. The van der Waals surface area contributed by atoms with Crippen LogP contribution in [0.15, 0.2) is 60.9 Å². The number of aromatic nitrogens is 2. The number of benzene rings is 2. The molecule has 0 bridgehead atoms. The van der Waals surface area contributed by atoms with Gasteiger partial charge in [0.15, 0.2) is 5.78 Å². The fourth-order valence-electron chi connectivity index (χ4n) is 4.24. The number of carbonyl (C=O) groups excluding carboxylic acids is 1. The van der Waals surface area contributed by atoms with Crippen LogP contribution < -0.4 is 4.90 Å². The quantitative estimate of drug-likeness (QED) is 0.321. The Morgan fingerprint density at radius 2 is 1.94 bits per heavy atom. The first-order valence-electron chi connectivity index (χ1n) is 10.8. The molecule has 1 aromatic heterocycles. The second-order valence-corrected chi connectivity index (χ2v) is 8.05. The third-order valence-corrected chi connectivity index (χ3v) is 6.06. The maximum absolute atomic E-state index is 12.8. The van der Waals surface area contributed by atoms with Crippen molar-refractivity contribution in [2.45, 2.75) is 33.0 Å². The Morgan fingerprint density at radius 3 is 2.62 bits per heavy atom. The Labute approximate surface area is 187 Å². The smallest absolute Gasteiger partial charge is 0.293 e. The van der Waals surface area contributed by atoms with Crippen molar-refractivity contribution in [1.82, 2.24) is 14.5 Å². The number of ketones is 1. The summed E-state index contributed by atoms with van der Waals surface area (Å²) in [6.45, 7) is 7.97. The molecule has 1 saturated heterocycles. The van der Waals surface area contributed by atoms with Crippen LogP contribution >= 0.6 is 0 Å². The SMILES string of the molecule is CCn1ccnc1CN1CCN(c2ccc(C(=O)c3ccccc3)cc2[N+](=O)[O-])C[C@H]1C. The van der Waals surface area contributed by atoms with E-state index in [9.17, 15) is 14.9 Å². The standard InChI is InChI=1S/C24H27N5O3/c1-3-26-12-11-25-23(26)17-27-13-14-28(16-18(27)2)21-10-9-20(15-22(21)29(31)32)24(30)19-7-5-4-6-8-19/h4-12,15,18H,3,13-14,16-17H2,1-2H3/t18-/m1/s1. The zero-order chi connectivity index (χ0) is 22.7. The molecule has 166 valence electrons. The summed E-state index contributed by atoms with van der Waals surface area (Å²) in [4.78, 5) is 33.1. The molecule has 0 amide bonds. The zero-order valence-corrected chi connectivity index (χ0v) is 18.3. The molecule has 0 unspecified atom stereocenters. The molecule has 0 spiro atoms. The van der Waals surface area contributed by atoms with E-state index in [0.29, 0.717) is 29.9 Å². The first-order valence-corrected chi connectivity index (χ1v) is 10.8. The van der Waals surface area contributed by atoms with E-state index in [1.54, 1.807) is 36.4 Å². The number of nitro groups is 1. The fourth-order valence-corrected chi connectivity index (χ4v) is 4.24. The van der Waals surface area contributed by atoms with Crippen molar-refractivity contribution >= 4 is 17.2 Å². The zero-order valence-electron chi connectivity index (χ0n) is 18.3. The van der Waals surface area contributed by atoms with Crippen molar-refractivity contribution in [3.05, 3.63) is 88.0 Å². The van der Waals surface area contributed by atoms with Crippen molar-refractivity contribution in [2.75, 3.05) is 24.5 Å². The molecule has 1 aliphatic heterocycles. The van der Waals surface area contributed by atoms with Crippen LogP contribution in [0.2, 0.25) is 0 Å².